The molecule has 1 N–H and O–H groups in total. The van der Waals surface area contributed by atoms with E-state index in [-0.39, 0.29) is 5.92 Å². The highest BCUT2D eigenvalue weighted by molar-refractivity contribution is 5.70. The number of carbonyl (C=O) groups is 1. The molecule has 0 aromatic carbocycles. The van der Waals surface area contributed by atoms with Crippen LogP contribution in [0.25, 0.3) is 0 Å². The average Bonchev–Trinajstić information content (AvgIpc) is 2.19. The molecule has 0 saturated heterocycles. The monoisotopic (exact) mass is 200 g/mol. The maximum absolute atomic E-state index is 11.0. The molecule has 1 fully saturated rings. The fourth-order valence-corrected chi connectivity index (χ4v) is 2.19. The van der Waals surface area contributed by atoms with Crippen molar-refractivity contribution in [3.8, 4) is 0 Å². The standard InChI is InChI=1S/C11H20O3/c1-2-14-8-10(11(12)13)9-6-4-3-5-7-9/h9-10H,2-8H2,1H3,(H,12,13). The van der Waals surface area contributed by atoms with Gasteiger partial charge in [0.2, 0.25) is 0 Å². The summed E-state index contributed by atoms with van der Waals surface area (Å²) in [7, 11) is 0. The zero-order chi connectivity index (χ0) is 10.4. The van der Waals surface area contributed by atoms with Gasteiger partial charge in [-0.3, -0.25) is 4.79 Å². The van der Waals surface area contributed by atoms with E-state index in [9.17, 15) is 4.79 Å². The van der Waals surface area contributed by atoms with Crippen LogP contribution in [0.5, 0.6) is 0 Å². The molecule has 1 unspecified atom stereocenters. The summed E-state index contributed by atoms with van der Waals surface area (Å²) in [5.41, 5.74) is 0. The minimum atomic E-state index is -0.689. The lowest BCUT2D eigenvalue weighted by molar-refractivity contribution is -0.146. The molecular formula is C11H20O3. The van der Waals surface area contributed by atoms with Gasteiger partial charge < -0.3 is 9.84 Å². The van der Waals surface area contributed by atoms with E-state index in [0.29, 0.717) is 19.1 Å². The van der Waals surface area contributed by atoms with Gasteiger partial charge in [-0.25, -0.2) is 0 Å². The van der Waals surface area contributed by atoms with Crippen LogP contribution in [0.2, 0.25) is 0 Å². The van der Waals surface area contributed by atoms with Crippen LogP contribution in [0.3, 0.4) is 0 Å². The summed E-state index contributed by atoms with van der Waals surface area (Å²) in [5.74, 6) is -0.631. The first-order valence-electron chi connectivity index (χ1n) is 5.56. The molecule has 82 valence electrons. The maximum Gasteiger partial charge on any atom is 0.309 e. The lowest BCUT2D eigenvalue weighted by Crippen LogP contribution is -2.29. The first-order valence-corrected chi connectivity index (χ1v) is 5.56. The van der Waals surface area contributed by atoms with E-state index in [1.54, 1.807) is 0 Å². The van der Waals surface area contributed by atoms with Gasteiger partial charge in [0.1, 0.15) is 0 Å². The van der Waals surface area contributed by atoms with E-state index in [2.05, 4.69) is 0 Å². The Morgan fingerprint density at radius 2 is 2.07 bits per heavy atom. The Labute approximate surface area is 85.5 Å². The molecule has 0 amide bonds. The van der Waals surface area contributed by atoms with Crippen molar-refractivity contribution in [2.75, 3.05) is 13.2 Å². The maximum atomic E-state index is 11.0. The van der Waals surface area contributed by atoms with Crippen molar-refractivity contribution in [1.29, 1.82) is 0 Å². The number of carboxylic acids is 1. The fourth-order valence-electron chi connectivity index (χ4n) is 2.19. The molecule has 14 heavy (non-hydrogen) atoms. The van der Waals surface area contributed by atoms with Gasteiger partial charge in [0, 0.05) is 6.61 Å². The van der Waals surface area contributed by atoms with Gasteiger partial charge in [-0.15, -0.1) is 0 Å². The normalized spacial score (nSPS) is 20.6. The molecule has 0 bridgehead atoms. The largest absolute Gasteiger partial charge is 0.481 e. The minimum absolute atomic E-state index is 0.282. The molecule has 0 aromatic heterocycles. The summed E-state index contributed by atoms with van der Waals surface area (Å²) in [5, 5.41) is 9.07. The number of ether oxygens (including phenoxy) is 1. The molecule has 0 radical (unpaired) electrons. The predicted octanol–water partition coefficient (Wildman–Crippen LogP) is 2.30. The number of carboxylic acid groups (broad SMARTS) is 1. The van der Waals surface area contributed by atoms with Gasteiger partial charge >= 0.3 is 5.97 Å². The number of aliphatic carboxylic acids is 1. The Morgan fingerprint density at radius 3 is 2.57 bits per heavy atom. The first kappa shape index (κ1) is 11.5. The summed E-state index contributed by atoms with van der Waals surface area (Å²) < 4.78 is 5.23. The van der Waals surface area contributed by atoms with E-state index in [0.717, 1.165) is 12.8 Å². The summed E-state index contributed by atoms with van der Waals surface area (Å²) >= 11 is 0. The van der Waals surface area contributed by atoms with E-state index in [1.165, 1.54) is 19.3 Å². The molecule has 3 heteroatoms. The van der Waals surface area contributed by atoms with Gasteiger partial charge in [-0.1, -0.05) is 19.3 Å². The average molecular weight is 200 g/mol. The Bertz CT molecular complexity index is 173. The highest BCUT2D eigenvalue weighted by Gasteiger charge is 2.29. The molecule has 1 saturated carbocycles. The predicted molar refractivity (Wildman–Crippen MR) is 54.2 cm³/mol. The van der Waals surface area contributed by atoms with E-state index in [4.69, 9.17) is 9.84 Å². The van der Waals surface area contributed by atoms with Crippen LogP contribution in [0.4, 0.5) is 0 Å². The lowest BCUT2D eigenvalue weighted by atomic mass is 9.80. The Kier molecular flexibility index (Phi) is 4.94. The van der Waals surface area contributed by atoms with Crippen LogP contribution in [0, 0.1) is 11.8 Å². The first-order chi connectivity index (χ1) is 6.75. The Hall–Kier alpha value is -0.570. The van der Waals surface area contributed by atoms with Crippen LogP contribution in [0.1, 0.15) is 39.0 Å². The second kappa shape index (κ2) is 6.02. The van der Waals surface area contributed by atoms with Gasteiger partial charge in [-0.2, -0.15) is 0 Å². The van der Waals surface area contributed by atoms with Crippen molar-refractivity contribution in [2.45, 2.75) is 39.0 Å². The molecule has 0 aliphatic heterocycles. The van der Waals surface area contributed by atoms with Gasteiger partial charge in [0.15, 0.2) is 0 Å². The molecule has 0 aromatic rings. The van der Waals surface area contributed by atoms with E-state index < -0.39 is 5.97 Å². The van der Waals surface area contributed by atoms with E-state index in [1.807, 2.05) is 6.92 Å². The van der Waals surface area contributed by atoms with Crippen molar-refractivity contribution in [1.82, 2.24) is 0 Å². The van der Waals surface area contributed by atoms with E-state index >= 15 is 0 Å². The topological polar surface area (TPSA) is 46.5 Å². The zero-order valence-corrected chi connectivity index (χ0v) is 8.87. The highest BCUT2D eigenvalue weighted by atomic mass is 16.5. The van der Waals surface area contributed by atoms with Crippen molar-refractivity contribution in [3.05, 3.63) is 0 Å². The van der Waals surface area contributed by atoms with Gasteiger partial charge in [-0.05, 0) is 25.7 Å². The molecule has 3 nitrogen and oxygen atoms in total. The molecule has 0 heterocycles. The number of hydrogen-bond acceptors (Lipinski definition) is 2. The molecule has 0 spiro atoms. The van der Waals surface area contributed by atoms with Crippen LogP contribution in [-0.4, -0.2) is 24.3 Å². The molecule has 1 aliphatic carbocycles. The second-order valence-corrected chi connectivity index (χ2v) is 4.00. The van der Waals surface area contributed by atoms with Crippen LogP contribution < -0.4 is 0 Å². The third kappa shape index (κ3) is 3.29. The molecule has 1 rings (SSSR count). The second-order valence-electron chi connectivity index (χ2n) is 4.00. The quantitative estimate of drug-likeness (QED) is 0.740. The van der Waals surface area contributed by atoms with Crippen molar-refractivity contribution >= 4 is 5.97 Å². The fraction of sp³-hybridized carbons (Fsp3) is 0.909. The molecular weight excluding hydrogens is 180 g/mol. The Morgan fingerprint density at radius 1 is 1.43 bits per heavy atom. The number of hydrogen-bond donors (Lipinski definition) is 1. The van der Waals surface area contributed by atoms with Gasteiger partial charge in [0.25, 0.3) is 0 Å². The lowest BCUT2D eigenvalue weighted by Gasteiger charge is -2.27. The van der Waals surface area contributed by atoms with Crippen LogP contribution in [0.15, 0.2) is 0 Å². The molecule has 1 atom stereocenters. The minimum Gasteiger partial charge on any atom is -0.481 e. The zero-order valence-electron chi connectivity index (χ0n) is 8.87. The summed E-state index contributed by atoms with van der Waals surface area (Å²) in [6, 6.07) is 0. The summed E-state index contributed by atoms with van der Waals surface area (Å²) in [6.07, 6.45) is 5.74. The van der Waals surface area contributed by atoms with Crippen molar-refractivity contribution in [2.24, 2.45) is 11.8 Å². The summed E-state index contributed by atoms with van der Waals surface area (Å²) in [6.45, 7) is 2.90. The van der Waals surface area contributed by atoms with Crippen molar-refractivity contribution in [3.63, 3.8) is 0 Å². The smallest absolute Gasteiger partial charge is 0.309 e. The molecule has 1 aliphatic rings. The summed E-state index contributed by atoms with van der Waals surface area (Å²) in [4.78, 5) is 11.0. The van der Waals surface area contributed by atoms with Gasteiger partial charge in [0.05, 0.1) is 12.5 Å². The highest BCUT2D eigenvalue weighted by Crippen LogP contribution is 2.30. The van der Waals surface area contributed by atoms with Crippen LogP contribution >= 0.6 is 0 Å². The third-order valence-electron chi connectivity index (χ3n) is 3.04. The third-order valence-corrected chi connectivity index (χ3v) is 3.04. The van der Waals surface area contributed by atoms with Crippen molar-refractivity contribution < 1.29 is 14.6 Å². The Balaban J connectivity index is 2.43. The van der Waals surface area contributed by atoms with Crippen LogP contribution in [-0.2, 0) is 9.53 Å². The SMILES string of the molecule is CCOCC(C(=O)O)C1CCCCC1. The number of rotatable bonds is 5.